The molecule has 1 unspecified atom stereocenters. The predicted octanol–water partition coefficient (Wildman–Crippen LogP) is 2.61. The lowest BCUT2D eigenvalue weighted by Crippen LogP contribution is -2.19. The Kier molecular flexibility index (Phi) is 4.50. The summed E-state index contributed by atoms with van der Waals surface area (Å²) >= 11 is 1.27. The van der Waals surface area contributed by atoms with Crippen molar-refractivity contribution in [2.45, 2.75) is 26.7 Å². The van der Waals surface area contributed by atoms with E-state index in [1.165, 1.54) is 11.3 Å². The lowest BCUT2D eigenvalue weighted by atomic mass is 10.1. The van der Waals surface area contributed by atoms with Gasteiger partial charge >= 0.3 is 5.97 Å². The Balaban J connectivity index is 2.32. The highest BCUT2D eigenvalue weighted by Crippen LogP contribution is 2.40. The van der Waals surface area contributed by atoms with Crippen molar-refractivity contribution < 1.29 is 9.53 Å². The van der Waals surface area contributed by atoms with Gasteiger partial charge in [0.05, 0.1) is 12.3 Å². The number of anilines is 2. The first-order valence-corrected chi connectivity index (χ1v) is 7.68. The Labute approximate surface area is 122 Å². The topological polar surface area (TPSA) is 79.3 Å². The maximum absolute atomic E-state index is 11.9. The van der Waals surface area contributed by atoms with Crippen molar-refractivity contribution in [3.05, 3.63) is 10.4 Å². The van der Waals surface area contributed by atoms with Gasteiger partial charge in [0.2, 0.25) is 0 Å². The Bertz CT molecular complexity index is 547. The number of nitriles is 1. The predicted molar refractivity (Wildman–Crippen MR) is 80.0 cm³/mol. The fraction of sp³-hybridized carbons (Fsp3) is 0.571. The van der Waals surface area contributed by atoms with Crippen LogP contribution in [-0.4, -0.2) is 25.7 Å². The van der Waals surface area contributed by atoms with Gasteiger partial charge in [0.1, 0.15) is 21.5 Å². The average Bonchev–Trinajstić information content (AvgIpc) is 3.02. The first-order valence-electron chi connectivity index (χ1n) is 6.86. The number of rotatable bonds is 4. The van der Waals surface area contributed by atoms with E-state index in [1.54, 1.807) is 6.92 Å². The molecule has 108 valence electrons. The molecular weight excluding hydrogens is 274 g/mol. The summed E-state index contributed by atoms with van der Waals surface area (Å²) in [4.78, 5) is 14.4. The highest BCUT2D eigenvalue weighted by atomic mass is 32.1. The van der Waals surface area contributed by atoms with Crippen LogP contribution in [0.2, 0.25) is 0 Å². The zero-order valence-electron chi connectivity index (χ0n) is 11.8. The number of carbonyl (C=O) groups is 1. The summed E-state index contributed by atoms with van der Waals surface area (Å²) in [5.41, 5.74) is 6.61. The molecule has 1 aliphatic rings. The van der Waals surface area contributed by atoms with Crippen molar-refractivity contribution in [2.75, 3.05) is 30.3 Å². The maximum Gasteiger partial charge on any atom is 0.350 e. The number of hydrogen-bond donors (Lipinski definition) is 1. The van der Waals surface area contributed by atoms with Crippen LogP contribution in [0.4, 0.5) is 10.7 Å². The third-order valence-electron chi connectivity index (χ3n) is 3.65. The lowest BCUT2D eigenvalue weighted by Gasteiger charge is -2.16. The van der Waals surface area contributed by atoms with Crippen LogP contribution in [0.15, 0.2) is 0 Å². The van der Waals surface area contributed by atoms with Gasteiger partial charge in [-0.25, -0.2) is 4.79 Å². The third-order valence-corrected chi connectivity index (χ3v) is 4.90. The molecule has 0 amide bonds. The Morgan fingerprint density at radius 1 is 1.60 bits per heavy atom. The van der Waals surface area contributed by atoms with Crippen LogP contribution in [0.25, 0.3) is 0 Å². The number of nitrogen functional groups attached to an aromatic ring is 1. The summed E-state index contributed by atoms with van der Waals surface area (Å²) in [5.74, 6) is 0.208. The molecule has 0 bridgehead atoms. The molecule has 5 nitrogen and oxygen atoms in total. The van der Waals surface area contributed by atoms with Gasteiger partial charge in [0.15, 0.2) is 0 Å². The minimum atomic E-state index is -0.441. The van der Waals surface area contributed by atoms with Crippen LogP contribution in [0.5, 0.6) is 0 Å². The van der Waals surface area contributed by atoms with E-state index in [0.717, 1.165) is 30.9 Å². The average molecular weight is 293 g/mol. The first kappa shape index (κ1) is 14.7. The number of carbonyl (C=O) groups excluding carboxylic acids is 1. The number of nitrogens with zero attached hydrogens (tertiary/aromatic N) is 2. The summed E-state index contributed by atoms with van der Waals surface area (Å²) in [5, 5.41) is 10.1. The molecule has 2 heterocycles. The Morgan fingerprint density at radius 2 is 2.35 bits per heavy atom. The molecule has 0 aromatic carbocycles. The monoisotopic (exact) mass is 293 g/mol. The number of nitrogens with two attached hydrogens (primary N) is 1. The summed E-state index contributed by atoms with van der Waals surface area (Å²) in [6.45, 7) is 6.06. The molecule has 1 saturated heterocycles. The smallest absolute Gasteiger partial charge is 0.350 e. The molecule has 1 atom stereocenters. The van der Waals surface area contributed by atoms with Crippen LogP contribution in [0, 0.1) is 17.2 Å². The summed E-state index contributed by atoms with van der Waals surface area (Å²) in [7, 11) is 0. The van der Waals surface area contributed by atoms with Crippen molar-refractivity contribution in [2.24, 2.45) is 5.92 Å². The van der Waals surface area contributed by atoms with Crippen LogP contribution in [0.3, 0.4) is 0 Å². The van der Waals surface area contributed by atoms with Crippen LogP contribution < -0.4 is 10.6 Å². The molecule has 0 saturated carbocycles. The molecule has 0 radical (unpaired) electrons. The molecule has 1 aromatic rings. The second-order valence-corrected chi connectivity index (χ2v) is 5.87. The minimum Gasteiger partial charge on any atom is -0.462 e. The van der Waals surface area contributed by atoms with Gasteiger partial charge in [-0.05, 0) is 19.3 Å². The quantitative estimate of drug-likeness (QED) is 0.863. The van der Waals surface area contributed by atoms with Crippen molar-refractivity contribution in [3.63, 3.8) is 0 Å². The van der Waals surface area contributed by atoms with Crippen molar-refractivity contribution in [1.29, 1.82) is 5.26 Å². The van der Waals surface area contributed by atoms with Gasteiger partial charge in [0.25, 0.3) is 0 Å². The van der Waals surface area contributed by atoms with Gasteiger partial charge in [-0.3, -0.25) is 0 Å². The number of hydrogen-bond acceptors (Lipinski definition) is 6. The molecule has 2 N–H and O–H groups in total. The van der Waals surface area contributed by atoms with Crippen LogP contribution in [-0.2, 0) is 4.74 Å². The van der Waals surface area contributed by atoms with E-state index in [9.17, 15) is 10.1 Å². The molecule has 1 aliphatic heterocycles. The fourth-order valence-corrected chi connectivity index (χ4v) is 3.56. The van der Waals surface area contributed by atoms with Gasteiger partial charge < -0.3 is 15.4 Å². The molecule has 1 aromatic heterocycles. The molecule has 0 spiro atoms. The van der Waals surface area contributed by atoms with Crippen LogP contribution in [0.1, 0.15) is 41.9 Å². The van der Waals surface area contributed by atoms with E-state index in [1.807, 2.05) is 0 Å². The summed E-state index contributed by atoms with van der Waals surface area (Å²) in [6.07, 6.45) is 2.25. The number of ether oxygens (including phenoxy) is 1. The second kappa shape index (κ2) is 6.14. The number of esters is 1. The van der Waals surface area contributed by atoms with E-state index >= 15 is 0 Å². The summed E-state index contributed by atoms with van der Waals surface area (Å²) in [6, 6.07) is 2.13. The third kappa shape index (κ3) is 2.59. The molecular formula is C14H19N3O2S. The zero-order valence-corrected chi connectivity index (χ0v) is 12.6. The Morgan fingerprint density at radius 3 is 2.90 bits per heavy atom. The zero-order chi connectivity index (χ0) is 14.7. The van der Waals surface area contributed by atoms with E-state index in [-0.39, 0.29) is 5.69 Å². The number of thiophene rings is 1. The van der Waals surface area contributed by atoms with Crippen molar-refractivity contribution in [1.82, 2.24) is 0 Å². The van der Waals surface area contributed by atoms with Crippen LogP contribution >= 0.6 is 11.3 Å². The van der Waals surface area contributed by atoms with E-state index in [2.05, 4.69) is 17.9 Å². The highest BCUT2D eigenvalue weighted by Gasteiger charge is 2.29. The van der Waals surface area contributed by atoms with Gasteiger partial charge in [-0.2, -0.15) is 5.26 Å². The molecule has 2 rings (SSSR count). The second-order valence-electron chi connectivity index (χ2n) is 4.87. The SMILES string of the molecule is CCOC(=O)c1sc(N2CCC(CC)C2)c(C#N)c1N. The molecule has 20 heavy (non-hydrogen) atoms. The van der Waals surface area contributed by atoms with Crippen molar-refractivity contribution >= 4 is 28.0 Å². The minimum absolute atomic E-state index is 0.255. The van der Waals surface area contributed by atoms with Gasteiger partial charge in [-0.15, -0.1) is 11.3 Å². The highest BCUT2D eigenvalue weighted by molar-refractivity contribution is 7.18. The molecule has 0 aliphatic carbocycles. The van der Waals surface area contributed by atoms with E-state index in [4.69, 9.17) is 10.5 Å². The molecule has 6 heteroatoms. The van der Waals surface area contributed by atoms with Gasteiger partial charge in [-0.1, -0.05) is 13.3 Å². The Hall–Kier alpha value is -1.74. The fourth-order valence-electron chi connectivity index (χ4n) is 2.46. The van der Waals surface area contributed by atoms with Crippen molar-refractivity contribution in [3.8, 4) is 6.07 Å². The standard InChI is InChI=1S/C14H19N3O2S/c1-3-9-5-6-17(8-9)13-10(7-15)11(16)12(20-13)14(18)19-4-2/h9H,3-6,8,16H2,1-2H3. The normalized spacial score (nSPS) is 18.1. The first-order chi connectivity index (χ1) is 9.62. The lowest BCUT2D eigenvalue weighted by molar-refractivity contribution is 0.0533. The maximum atomic E-state index is 11.9. The summed E-state index contributed by atoms with van der Waals surface area (Å²) < 4.78 is 4.99. The van der Waals surface area contributed by atoms with Gasteiger partial charge in [0, 0.05) is 13.1 Å². The molecule has 1 fully saturated rings. The van der Waals surface area contributed by atoms with E-state index in [0.29, 0.717) is 23.0 Å². The van der Waals surface area contributed by atoms with E-state index < -0.39 is 5.97 Å². The largest absolute Gasteiger partial charge is 0.462 e.